The summed E-state index contributed by atoms with van der Waals surface area (Å²) < 4.78 is 36.9. The Bertz CT molecular complexity index is 1790. The number of piperidine rings is 1. The number of aryl methyl sites for hydroxylation is 1. The number of aromatic nitrogens is 2. The number of carbonyl (C=O) groups is 2. The zero-order chi connectivity index (χ0) is 31.1. The molecule has 2 aromatic carbocycles. The van der Waals surface area contributed by atoms with E-state index in [1.54, 1.807) is 53.8 Å². The van der Waals surface area contributed by atoms with Crippen LogP contribution in [0.2, 0.25) is 0 Å². The van der Waals surface area contributed by atoms with E-state index in [1.807, 2.05) is 55.5 Å². The number of pyridine rings is 1. The Hall–Kier alpha value is -4.18. The van der Waals surface area contributed by atoms with E-state index in [4.69, 9.17) is 4.74 Å². The van der Waals surface area contributed by atoms with Crippen LogP contribution in [0.1, 0.15) is 67.4 Å². The SMILES string of the molecule is CC(C)(C)OC(=O)N1CCCC(C2CN(S(=O)(=O)c3ccc(CCC(=O)c4ccc5nccn5c4)cc3)c3ccccc32)C1. The first-order valence-corrected chi connectivity index (χ1v) is 16.6. The number of para-hydroxylation sites is 1. The molecule has 4 aromatic rings. The number of carbonyl (C=O) groups excluding carboxylic acids is 2. The number of imidazole rings is 1. The first-order chi connectivity index (χ1) is 21.0. The van der Waals surface area contributed by atoms with Crippen LogP contribution in [0.5, 0.6) is 0 Å². The van der Waals surface area contributed by atoms with Crippen LogP contribution in [-0.4, -0.2) is 59.8 Å². The second kappa shape index (κ2) is 11.7. The van der Waals surface area contributed by atoms with E-state index in [0.29, 0.717) is 43.7 Å². The van der Waals surface area contributed by atoms with Crippen LogP contribution in [0.4, 0.5) is 10.5 Å². The third-order valence-corrected chi connectivity index (χ3v) is 10.3. The van der Waals surface area contributed by atoms with Gasteiger partial charge in [-0.3, -0.25) is 9.10 Å². The summed E-state index contributed by atoms with van der Waals surface area (Å²) in [5, 5.41) is 0. The molecule has 0 bridgehead atoms. The maximum Gasteiger partial charge on any atom is 0.410 e. The molecule has 10 heteroatoms. The minimum atomic E-state index is -3.83. The Kier molecular flexibility index (Phi) is 7.96. The summed E-state index contributed by atoms with van der Waals surface area (Å²) in [5.74, 6) is 0.107. The summed E-state index contributed by atoms with van der Waals surface area (Å²) in [6, 6.07) is 18.1. The smallest absolute Gasteiger partial charge is 0.410 e. The fourth-order valence-corrected chi connectivity index (χ4v) is 7.82. The summed E-state index contributed by atoms with van der Waals surface area (Å²) in [6.07, 6.45) is 7.54. The van der Waals surface area contributed by atoms with Crippen molar-refractivity contribution in [2.45, 2.75) is 62.9 Å². The maximum atomic E-state index is 14.0. The lowest BCUT2D eigenvalue weighted by Crippen LogP contribution is -2.44. The molecule has 4 heterocycles. The minimum Gasteiger partial charge on any atom is -0.444 e. The molecule has 2 aromatic heterocycles. The van der Waals surface area contributed by atoms with E-state index < -0.39 is 15.6 Å². The van der Waals surface area contributed by atoms with Crippen molar-refractivity contribution in [3.05, 3.63) is 95.9 Å². The van der Waals surface area contributed by atoms with Crippen molar-refractivity contribution < 1.29 is 22.7 Å². The van der Waals surface area contributed by atoms with Gasteiger partial charge in [-0.25, -0.2) is 18.2 Å². The minimum absolute atomic E-state index is 0.0185. The number of anilines is 1. The average molecular weight is 615 g/mol. The van der Waals surface area contributed by atoms with E-state index in [9.17, 15) is 18.0 Å². The Labute approximate surface area is 258 Å². The largest absolute Gasteiger partial charge is 0.444 e. The number of fused-ring (bicyclic) bond motifs is 2. The van der Waals surface area contributed by atoms with Crippen LogP contribution in [0, 0.1) is 5.92 Å². The molecule has 9 nitrogen and oxygen atoms in total. The van der Waals surface area contributed by atoms with E-state index in [-0.39, 0.29) is 28.6 Å². The molecule has 0 N–H and O–H groups in total. The lowest BCUT2D eigenvalue weighted by molar-refractivity contribution is 0.0154. The van der Waals surface area contributed by atoms with Gasteiger partial charge in [0.1, 0.15) is 11.2 Å². The molecule has 2 aliphatic heterocycles. The van der Waals surface area contributed by atoms with E-state index in [0.717, 1.165) is 29.6 Å². The number of benzene rings is 2. The van der Waals surface area contributed by atoms with Crippen molar-refractivity contribution in [3.8, 4) is 0 Å². The van der Waals surface area contributed by atoms with Crippen molar-refractivity contribution in [1.82, 2.24) is 14.3 Å². The summed E-state index contributed by atoms with van der Waals surface area (Å²) >= 11 is 0. The molecule has 230 valence electrons. The molecule has 6 rings (SSSR count). The number of sulfonamides is 1. The number of likely N-dealkylation sites (tertiary alicyclic amines) is 1. The zero-order valence-corrected chi connectivity index (χ0v) is 26.2. The first kappa shape index (κ1) is 29.9. The topological polar surface area (TPSA) is 101 Å². The molecular weight excluding hydrogens is 576 g/mol. The number of hydrogen-bond donors (Lipinski definition) is 0. The number of ether oxygens (including phenoxy) is 1. The van der Waals surface area contributed by atoms with E-state index >= 15 is 0 Å². The molecule has 2 aliphatic rings. The van der Waals surface area contributed by atoms with E-state index in [2.05, 4.69) is 4.98 Å². The first-order valence-electron chi connectivity index (χ1n) is 15.1. The highest BCUT2D eigenvalue weighted by Crippen LogP contribution is 2.45. The number of Topliss-reactive ketones (excluding diaryl/α,β-unsaturated/α-hetero) is 1. The molecule has 2 atom stereocenters. The van der Waals surface area contributed by atoms with Crippen LogP contribution >= 0.6 is 0 Å². The molecule has 2 unspecified atom stereocenters. The van der Waals surface area contributed by atoms with Crippen LogP contribution in [0.3, 0.4) is 0 Å². The molecule has 44 heavy (non-hydrogen) atoms. The molecule has 1 fully saturated rings. The van der Waals surface area contributed by atoms with Gasteiger partial charge in [0.05, 0.1) is 10.6 Å². The summed E-state index contributed by atoms with van der Waals surface area (Å²) in [7, 11) is -3.83. The molecule has 0 radical (unpaired) electrons. The summed E-state index contributed by atoms with van der Waals surface area (Å²) in [4.78, 5) is 31.8. The van der Waals surface area contributed by atoms with Crippen molar-refractivity contribution in [3.63, 3.8) is 0 Å². The lowest BCUT2D eigenvalue weighted by Gasteiger charge is -2.36. The van der Waals surface area contributed by atoms with Crippen molar-refractivity contribution in [2.75, 3.05) is 23.9 Å². The number of ketones is 1. The van der Waals surface area contributed by atoms with Gasteiger partial charge in [-0.2, -0.15) is 0 Å². The van der Waals surface area contributed by atoms with Crippen LogP contribution in [0.25, 0.3) is 5.65 Å². The van der Waals surface area contributed by atoms with Crippen LogP contribution in [-0.2, 0) is 21.2 Å². The van der Waals surface area contributed by atoms with Gasteiger partial charge < -0.3 is 14.0 Å². The molecule has 0 saturated carbocycles. The monoisotopic (exact) mass is 614 g/mol. The molecular formula is C34H38N4O5S. The van der Waals surface area contributed by atoms with Crippen molar-refractivity contribution in [2.24, 2.45) is 5.92 Å². The van der Waals surface area contributed by atoms with Crippen LogP contribution in [0.15, 0.2) is 84.1 Å². The fourth-order valence-electron chi connectivity index (χ4n) is 6.31. The average Bonchev–Trinajstić information content (AvgIpc) is 3.64. The van der Waals surface area contributed by atoms with E-state index in [1.165, 1.54) is 4.31 Å². The fraction of sp³-hybridized carbons (Fsp3) is 0.382. The van der Waals surface area contributed by atoms with Gasteiger partial charge in [-0.05, 0) is 87.4 Å². The lowest BCUT2D eigenvalue weighted by atomic mass is 9.82. The third kappa shape index (κ3) is 6.08. The highest BCUT2D eigenvalue weighted by atomic mass is 32.2. The van der Waals surface area contributed by atoms with Crippen LogP contribution < -0.4 is 4.31 Å². The molecule has 0 aliphatic carbocycles. The molecule has 1 amide bonds. The number of rotatable bonds is 7. The molecule has 0 spiro atoms. The van der Waals surface area contributed by atoms with Gasteiger partial charge in [-0.1, -0.05) is 30.3 Å². The summed E-state index contributed by atoms with van der Waals surface area (Å²) in [6.45, 7) is 7.07. The normalized spacial score (nSPS) is 18.8. The van der Waals surface area contributed by atoms with Gasteiger partial charge in [-0.15, -0.1) is 0 Å². The van der Waals surface area contributed by atoms with Crippen molar-refractivity contribution >= 4 is 33.2 Å². The Morgan fingerprint density at radius 3 is 2.55 bits per heavy atom. The number of hydrogen-bond acceptors (Lipinski definition) is 6. The maximum absolute atomic E-state index is 14.0. The highest BCUT2D eigenvalue weighted by Gasteiger charge is 2.42. The Morgan fingerprint density at radius 1 is 1.00 bits per heavy atom. The standard InChI is InChI=1S/C34H38N4O5S/c1-34(2,3)43-33(40)37-19-6-7-25(21-37)29-23-38(30-9-5-4-8-28(29)30)44(41,42)27-14-10-24(11-15-27)12-16-31(39)26-13-17-32-35-18-20-36(32)22-26/h4-5,8-11,13-15,17-18,20,22,25,29H,6-7,12,16,19,21,23H2,1-3H3. The molecule has 1 saturated heterocycles. The van der Waals surface area contributed by atoms with Gasteiger partial charge in [0.15, 0.2) is 5.78 Å². The second-order valence-corrected chi connectivity index (χ2v) is 14.6. The summed E-state index contributed by atoms with van der Waals surface area (Å²) in [5.41, 5.74) is 3.41. The van der Waals surface area contributed by atoms with Gasteiger partial charge >= 0.3 is 6.09 Å². The predicted molar refractivity (Wildman–Crippen MR) is 169 cm³/mol. The highest BCUT2D eigenvalue weighted by molar-refractivity contribution is 7.92. The number of amides is 1. The Morgan fingerprint density at radius 2 is 1.77 bits per heavy atom. The van der Waals surface area contributed by atoms with Gasteiger partial charge in [0, 0.05) is 56.1 Å². The number of nitrogens with zero attached hydrogens (tertiary/aromatic N) is 4. The quantitative estimate of drug-likeness (QED) is 0.234. The second-order valence-electron chi connectivity index (χ2n) is 12.7. The van der Waals surface area contributed by atoms with Crippen molar-refractivity contribution in [1.29, 1.82) is 0 Å². The predicted octanol–water partition coefficient (Wildman–Crippen LogP) is 6.09. The van der Waals surface area contributed by atoms with Gasteiger partial charge in [0.25, 0.3) is 10.0 Å². The third-order valence-electron chi connectivity index (χ3n) is 8.51. The van der Waals surface area contributed by atoms with Gasteiger partial charge in [0.2, 0.25) is 0 Å². The Balaban J connectivity index is 1.15. The zero-order valence-electron chi connectivity index (χ0n) is 25.3.